The number of halogens is 1. The summed E-state index contributed by atoms with van der Waals surface area (Å²) in [4.78, 5) is 57.6. The molecule has 4 amide bonds. The van der Waals surface area contributed by atoms with Crippen LogP contribution in [0, 0.1) is 17.8 Å². The number of hydrogen-bond donors (Lipinski definition) is 1. The summed E-state index contributed by atoms with van der Waals surface area (Å²) >= 11 is 3.30. The molecule has 0 spiro atoms. The minimum atomic E-state index is -0.347. The molecule has 0 radical (unpaired) electrons. The second-order valence-corrected chi connectivity index (χ2v) is 9.21. The van der Waals surface area contributed by atoms with Crippen LogP contribution >= 0.6 is 15.9 Å². The van der Waals surface area contributed by atoms with Gasteiger partial charge < -0.3 is 10.2 Å². The van der Waals surface area contributed by atoms with Crippen molar-refractivity contribution in [3.63, 3.8) is 0 Å². The van der Waals surface area contributed by atoms with Crippen molar-refractivity contribution in [1.29, 1.82) is 0 Å². The van der Waals surface area contributed by atoms with Crippen LogP contribution in [0.3, 0.4) is 0 Å². The maximum Gasteiger partial charge on any atom is 0.242 e. The van der Waals surface area contributed by atoms with Crippen molar-refractivity contribution in [2.75, 3.05) is 25.0 Å². The van der Waals surface area contributed by atoms with Crippen LogP contribution in [-0.4, -0.2) is 58.0 Å². The van der Waals surface area contributed by atoms with E-state index in [1.807, 2.05) is 0 Å². The van der Waals surface area contributed by atoms with E-state index in [-0.39, 0.29) is 54.5 Å². The van der Waals surface area contributed by atoms with Gasteiger partial charge in [-0.3, -0.25) is 24.1 Å². The molecule has 1 N–H and O–H groups in total. The van der Waals surface area contributed by atoms with E-state index in [0.29, 0.717) is 25.2 Å². The maximum atomic E-state index is 12.8. The molecule has 2 aliphatic heterocycles. The van der Waals surface area contributed by atoms with Crippen molar-refractivity contribution < 1.29 is 19.2 Å². The summed E-state index contributed by atoms with van der Waals surface area (Å²) in [6.45, 7) is 0.597. The van der Waals surface area contributed by atoms with Crippen LogP contribution in [0.2, 0.25) is 0 Å². The number of rotatable bonds is 4. The predicted octanol–water partition coefficient (Wildman–Crippen LogP) is 2.20. The molecule has 3 heterocycles. The Morgan fingerprint density at radius 2 is 1.77 bits per heavy atom. The highest BCUT2D eigenvalue weighted by atomic mass is 79.9. The standard InChI is InChI=1S/C21H25BrN4O4/c22-14-7-8-17(23-10-14)24-19(28)13-4-3-9-25(11-13)18(27)12-26-20(29)15-5-1-2-6-16(15)21(26)30/h7-8,10,13,15-16H,1-6,9,11-12H2,(H,23,24,28). The first-order valence-corrected chi connectivity index (χ1v) is 11.3. The van der Waals surface area contributed by atoms with E-state index >= 15 is 0 Å². The average molecular weight is 477 g/mol. The van der Waals surface area contributed by atoms with Crippen molar-refractivity contribution in [3.05, 3.63) is 22.8 Å². The van der Waals surface area contributed by atoms with Gasteiger partial charge in [-0.2, -0.15) is 0 Å². The van der Waals surface area contributed by atoms with Crippen molar-refractivity contribution in [2.45, 2.75) is 38.5 Å². The molecule has 3 atom stereocenters. The van der Waals surface area contributed by atoms with E-state index in [1.165, 1.54) is 0 Å². The van der Waals surface area contributed by atoms with Crippen molar-refractivity contribution in [3.8, 4) is 0 Å². The van der Waals surface area contributed by atoms with Crippen LogP contribution in [0.4, 0.5) is 5.82 Å². The van der Waals surface area contributed by atoms with Crippen LogP contribution in [0.15, 0.2) is 22.8 Å². The molecule has 3 fully saturated rings. The Hall–Kier alpha value is -2.29. The fourth-order valence-electron chi connectivity index (χ4n) is 4.72. The number of amides is 4. The molecule has 1 aromatic heterocycles. The number of fused-ring (bicyclic) bond motifs is 1. The molecule has 0 bridgehead atoms. The van der Waals surface area contributed by atoms with Gasteiger partial charge in [0.25, 0.3) is 0 Å². The van der Waals surface area contributed by atoms with E-state index in [9.17, 15) is 19.2 Å². The SMILES string of the molecule is O=C(Nc1ccc(Br)cn1)C1CCCN(C(=O)CN2C(=O)C3CCCCC3C2=O)C1. The van der Waals surface area contributed by atoms with Gasteiger partial charge in [0.1, 0.15) is 12.4 Å². The van der Waals surface area contributed by atoms with Gasteiger partial charge in [-0.1, -0.05) is 12.8 Å². The Kier molecular flexibility index (Phi) is 6.17. The van der Waals surface area contributed by atoms with Crippen LogP contribution in [0.1, 0.15) is 38.5 Å². The molecular formula is C21H25BrN4O4. The molecule has 1 saturated carbocycles. The molecule has 30 heavy (non-hydrogen) atoms. The molecular weight excluding hydrogens is 452 g/mol. The molecule has 4 rings (SSSR count). The molecule has 0 aromatic carbocycles. The molecule has 1 aromatic rings. The fourth-order valence-corrected chi connectivity index (χ4v) is 4.95. The lowest BCUT2D eigenvalue weighted by atomic mass is 9.81. The molecule has 9 heteroatoms. The minimum Gasteiger partial charge on any atom is -0.340 e. The molecule has 160 valence electrons. The van der Waals surface area contributed by atoms with Gasteiger partial charge in [0, 0.05) is 23.8 Å². The van der Waals surface area contributed by atoms with Crippen molar-refractivity contribution >= 4 is 45.4 Å². The number of aromatic nitrogens is 1. The molecule has 3 aliphatic rings. The summed E-state index contributed by atoms with van der Waals surface area (Å²) in [5.41, 5.74) is 0. The van der Waals surface area contributed by atoms with Gasteiger partial charge in [-0.25, -0.2) is 4.98 Å². The largest absolute Gasteiger partial charge is 0.340 e. The number of nitrogens with one attached hydrogen (secondary N) is 1. The van der Waals surface area contributed by atoms with Gasteiger partial charge in [-0.05, 0) is 53.7 Å². The first-order valence-electron chi connectivity index (χ1n) is 10.5. The zero-order valence-electron chi connectivity index (χ0n) is 16.7. The van der Waals surface area contributed by atoms with Crippen molar-refractivity contribution in [2.24, 2.45) is 17.8 Å². The quantitative estimate of drug-likeness (QED) is 0.671. The lowest BCUT2D eigenvalue weighted by Crippen LogP contribution is -2.48. The fraction of sp³-hybridized carbons (Fsp3) is 0.571. The number of carbonyl (C=O) groups excluding carboxylic acids is 4. The normalized spacial score (nSPS) is 26.5. The van der Waals surface area contributed by atoms with E-state index in [1.54, 1.807) is 23.2 Å². The van der Waals surface area contributed by atoms with Gasteiger partial charge in [-0.15, -0.1) is 0 Å². The predicted molar refractivity (Wildman–Crippen MR) is 112 cm³/mol. The lowest BCUT2D eigenvalue weighted by Gasteiger charge is -2.32. The Bertz CT molecular complexity index is 835. The number of likely N-dealkylation sites (tertiary alicyclic amines) is 2. The highest BCUT2D eigenvalue weighted by molar-refractivity contribution is 9.10. The number of carbonyl (C=O) groups is 4. The number of pyridine rings is 1. The van der Waals surface area contributed by atoms with Crippen LogP contribution in [0.25, 0.3) is 0 Å². The second kappa shape index (κ2) is 8.83. The monoisotopic (exact) mass is 476 g/mol. The summed E-state index contributed by atoms with van der Waals surface area (Å²) < 4.78 is 0.820. The van der Waals surface area contributed by atoms with E-state index in [4.69, 9.17) is 0 Å². The van der Waals surface area contributed by atoms with Crippen LogP contribution in [-0.2, 0) is 19.2 Å². The smallest absolute Gasteiger partial charge is 0.242 e. The summed E-state index contributed by atoms with van der Waals surface area (Å²) in [5, 5.41) is 2.79. The first kappa shape index (κ1) is 21.0. The van der Waals surface area contributed by atoms with Gasteiger partial charge in [0.05, 0.1) is 17.8 Å². The summed E-state index contributed by atoms with van der Waals surface area (Å²) in [6, 6.07) is 3.50. The minimum absolute atomic E-state index is 0.179. The van der Waals surface area contributed by atoms with Crippen molar-refractivity contribution in [1.82, 2.24) is 14.8 Å². The molecule has 3 unspecified atom stereocenters. The third-order valence-corrected chi connectivity index (χ3v) is 6.82. The molecule has 8 nitrogen and oxygen atoms in total. The Balaban J connectivity index is 1.35. The number of imide groups is 1. The van der Waals surface area contributed by atoms with Gasteiger partial charge >= 0.3 is 0 Å². The zero-order valence-corrected chi connectivity index (χ0v) is 18.3. The zero-order chi connectivity index (χ0) is 21.3. The molecule has 1 aliphatic carbocycles. The highest BCUT2D eigenvalue weighted by Crippen LogP contribution is 2.38. The number of anilines is 1. The Morgan fingerprint density at radius 3 is 2.40 bits per heavy atom. The first-order chi connectivity index (χ1) is 14.4. The number of nitrogens with zero attached hydrogens (tertiary/aromatic N) is 3. The van der Waals surface area contributed by atoms with E-state index in [0.717, 1.165) is 35.1 Å². The van der Waals surface area contributed by atoms with E-state index in [2.05, 4.69) is 26.2 Å². The topological polar surface area (TPSA) is 99.7 Å². The average Bonchev–Trinajstić information content (AvgIpc) is 3.00. The summed E-state index contributed by atoms with van der Waals surface area (Å²) in [7, 11) is 0. The maximum absolute atomic E-state index is 12.8. The highest BCUT2D eigenvalue weighted by Gasteiger charge is 2.48. The Labute approximate surface area is 183 Å². The molecule has 2 saturated heterocycles. The van der Waals surface area contributed by atoms with Crippen LogP contribution < -0.4 is 5.32 Å². The van der Waals surface area contributed by atoms with Gasteiger partial charge in [0.15, 0.2) is 0 Å². The Morgan fingerprint density at radius 1 is 1.07 bits per heavy atom. The van der Waals surface area contributed by atoms with Crippen LogP contribution in [0.5, 0.6) is 0 Å². The third kappa shape index (κ3) is 4.26. The number of hydrogen-bond acceptors (Lipinski definition) is 5. The van der Waals surface area contributed by atoms with Gasteiger partial charge in [0.2, 0.25) is 23.6 Å². The summed E-state index contributed by atoms with van der Waals surface area (Å²) in [5.74, 6) is -1.24. The summed E-state index contributed by atoms with van der Waals surface area (Å²) in [6.07, 6.45) is 6.36. The second-order valence-electron chi connectivity index (χ2n) is 8.29. The lowest BCUT2D eigenvalue weighted by molar-refractivity contribution is -0.147. The third-order valence-electron chi connectivity index (χ3n) is 6.35. The number of piperidine rings is 1. The van der Waals surface area contributed by atoms with E-state index < -0.39 is 0 Å².